The molecule has 0 aliphatic heterocycles. The molecule has 6 nitrogen and oxygen atoms in total. The lowest BCUT2D eigenvalue weighted by Crippen LogP contribution is -2.05. The Kier molecular flexibility index (Phi) is 3.16. The van der Waals surface area contributed by atoms with Crippen molar-refractivity contribution in [3.05, 3.63) is 30.5 Å². The number of carbonyl (C=O) groups is 1. The third kappa shape index (κ3) is 2.37. The van der Waals surface area contributed by atoms with Gasteiger partial charge in [-0.2, -0.15) is 0 Å². The van der Waals surface area contributed by atoms with Crippen molar-refractivity contribution in [2.75, 3.05) is 7.11 Å². The summed E-state index contributed by atoms with van der Waals surface area (Å²) < 4.78 is 9.57. The molecule has 0 N–H and O–H groups in total. The molecule has 7 heteroatoms. The van der Waals surface area contributed by atoms with Gasteiger partial charge in [-0.05, 0) is 11.8 Å². The third-order valence-electron chi connectivity index (χ3n) is 1.61. The van der Waals surface area contributed by atoms with E-state index in [1.165, 1.54) is 43.7 Å². The Morgan fingerprint density at radius 2 is 2.38 bits per heavy atom. The van der Waals surface area contributed by atoms with Crippen LogP contribution in [0.15, 0.2) is 39.5 Å². The number of hydrogen-bond acceptors (Lipinski definition) is 7. The van der Waals surface area contributed by atoms with Crippen molar-refractivity contribution >= 4 is 17.7 Å². The van der Waals surface area contributed by atoms with Crippen LogP contribution in [0, 0.1) is 0 Å². The van der Waals surface area contributed by atoms with Gasteiger partial charge in [0.2, 0.25) is 0 Å². The van der Waals surface area contributed by atoms with Crippen molar-refractivity contribution in [2.24, 2.45) is 0 Å². The molecule has 2 rings (SSSR count). The monoisotopic (exact) mass is 237 g/mol. The van der Waals surface area contributed by atoms with Crippen LogP contribution in [0.25, 0.3) is 0 Å². The summed E-state index contributed by atoms with van der Waals surface area (Å²) in [6, 6.07) is 0. The predicted molar refractivity (Wildman–Crippen MR) is 54.0 cm³/mol. The maximum absolute atomic E-state index is 11.2. The van der Waals surface area contributed by atoms with Gasteiger partial charge in [-0.3, -0.25) is 4.98 Å². The van der Waals surface area contributed by atoms with Gasteiger partial charge in [0.05, 0.1) is 25.7 Å². The Labute approximate surface area is 95.1 Å². The molecule has 0 fully saturated rings. The van der Waals surface area contributed by atoms with Crippen LogP contribution >= 0.6 is 11.8 Å². The van der Waals surface area contributed by atoms with Crippen molar-refractivity contribution in [3.63, 3.8) is 0 Å². The quantitative estimate of drug-likeness (QED) is 0.746. The molecule has 16 heavy (non-hydrogen) atoms. The smallest absolute Gasteiger partial charge is 0.358 e. The first-order valence-electron chi connectivity index (χ1n) is 4.27. The van der Waals surface area contributed by atoms with E-state index in [0.29, 0.717) is 10.2 Å². The molecule has 0 aromatic carbocycles. The normalized spacial score (nSPS) is 10.1. The number of ether oxygens (including phenoxy) is 1. The fourth-order valence-corrected chi connectivity index (χ4v) is 1.60. The average Bonchev–Trinajstić information content (AvgIpc) is 2.81. The minimum absolute atomic E-state index is 0.152. The predicted octanol–water partition coefficient (Wildman–Crippen LogP) is 1.40. The van der Waals surface area contributed by atoms with Gasteiger partial charge in [0.1, 0.15) is 11.3 Å². The van der Waals surface area contributed by atoms with Crippen LogP contribution in [0.2, 0.25) is 0 Å². The zero-order chi connectivity index (χ0) is 11.4. The second-order valence-electron chi connectivity index (χ2n) is 2.63. The molecule has 0 radical (unpaired) electrons. The maximum Gasteiger partial charge on any atom is 0.358 e. The van der Waals surface area contributed by atoms with Gasteiger partial charge in [0.15, 0.2) is 5.69 Å². The van der Waals surface area contributed by atoms with Gasteiger partial charge in [0, 0.05) is 0 Å². The number of methoxy groups -OCH3 is 1. The SMILES string of the molecule is COC(=O)c1cncc(Sc2ncco2)n1. The minimum Gasteiger partial charge on any atom is -0.464 e. The zero-order valence-electron chi connectivity index (χ0n) is 8.28. The standard InChI is InChI=1S/C9H7N3O3S/c1-14-8(13)6-4-10-5-7(12-6)16-9-11-2-3-15-9/h2-5H,1H3. The van der Waals surface area contributed by atoms with Crippen molar-refractivity contribution in [2.45, 2.75) is 10.2 Å². The van der Waals surface area contributed by atoms with Crippen LogP contribution in [0.3, 0.4) is 0 Å². The highest BCUT2D eigenvalue weighted by molar-refractivity contribution is 7.99. The highest BCUT2D eigenvalue weighted by atomic mass is 32.2. The maximum atomic E-state index is 11.2. The number of esters is 1. The van der Waals surface area contributed by atoms with Crippen molar-refractivity contribution < 1.29 is 13.9 Å². The van der Waals surface area contributed by atoms with Crippen LogP contribution in [0.1, 0.15) is 10.5 Å². The molecule has 0 atom stereocenters. The fraction of sp³-hybridized carbons (Fsp3) is 0.111. The first kappa shape index (κ1) is 10.6. The number of carbonyl (C=O) groups excluding carboxylic acids is 1. The first-order valence-corrected chi connectivity index (χ1v) is 5.09. The second kappa shape index (κ2) is 4.75. The lowest BCUT2D eigenvalue weighted by Gasteiger charge is -1.99. The van der Waals surface area contributed by atoms with E-state index in [2.05, 4.69) is 19.7 Å². The van der Waals surface area contributed by atoms with E-state index in [9.17, 15) is 4.79 Å². The Morgan fingerprint density at radius 3 is 3.06 bits per heavy atom. The number of oxazole rings is 1. The molecular formula is C9H7N3O3S. The van der Waals surface area contributed by atoms with Crippen molar-refractivity contribution in [1.82, 2.24) is 15.0 Å². The largest absolute Gasteiger partial charge is 0.464 e. The van der Waals surface area contributed by atoms with Crippen molar-refractivity contribution in [1.29, 1.82) is 0 Å². The molecule has 0 spiro atoms. The molecule has 2 aromatic heterocycles. The van der Waals surface area contributed by atoms with Crippen LogP contribution < -0.4 is 0 Å². The number of nitrogens with zero attached hydrogens (tertiary/aromatic N) is 3. The molecule has 82 valence electrons. The van der Waals surface area contributed by atoms with E-state index in [4.69, 9.17) is 4.42 Å². The van der Waals surface area contributed by atoms with Crippen LogP contribution in [-0.2, 0) is 4.74 Å². The number of rotatable bonds is 3. The molecule has 2 heterocycles. The Morgan fingerprint density at radius 1 is 1.50 bits per heavy atom. The Hall–Kier alpha value is -1.89. The molecule has 0 amide bonds. The van der Waals surface area contributed by atoms with E-state index in [0.717, 1.165) is 0 Å². The van der Waals surface area contributed by atoms with Crippen LogP contribution in [-0.4, -0.2) is 28.0 Å². The molecule has 0 unspecified atom stereocenters. The fourth-order valence-electron chi connectivity index (χ4n) is 0.950. The summed E-state index contributed by atoms with van der Waals surface area (Å²) in [4.78, 5) is 23.0. The van der Waals surface area contributed by atoms with Gasteiger partial charge in [0.25, 0.3) is 5.22 Å². The molecule has 0 saturated carbocycles. The Bertz CT molecular complexity index is 487. The summed E-state index contributed by atoms with van der Waals surface area (Å²) in [7, 11) is 1.29. The van der Waals surface area contributed by atoms with E-state index in [1.807, 2.05) is 0 Å². The highest BCUT2D eigenvalue weighted by Crippen LogP contribution is 2.23. The van der Waals surface area contributed by atoms with Crippen LogP contribution in [0.5, 0.6) is 0 Å². The van der Waals surface area contributed by atoms with Gasteiger partial charge in [-0.15, -0.1) is 0 Å². The summed E-state index contributed by atoms with van der Waals surface area (Å²) in [6.07, 6.45) is 5.84. The number of aromatic nitrogens is 3. The van der Waals surface area contributed by atoms with Crippen molar-refractivity contribution in [3.8, 4) is 0 Å². The summed E-state index contributed by atoms with van der Waals surface area (Å²) in [6.45, 7) is 0. The lowest BCUT2D eigenvalue weighted by atomic mass is 10.5. The molecule has 0 saturated heterocycles. The van der Waals surface area contributed by atoms with Crippen LogP contribution in [0.4, 0.5) is 0 Å². The lowest BCUT2D eigenvalue weighted by molar-refractivity contribution is 0.0592. The van der Waals surface area contributed by atoms with Gasteiger partial charge >= 0.3 is 5.97 Å². The number of hydrogen-bond donors (Lipinski definition) is 0. The molecule has 0 aliphatic rings. The highest BCUT2D eigenvalue weighted by Gasteiger charge is 2.10. The first-order chi connectivity index (χ1) is 7.79. The third-order valence-corrected chi connectivity index (χ3v) is 2.39. The van der Waals surface area contributed by atoms with Gasteiger partial charge < -0.3 is 9.15 Å². The average molecular weight is 237 g/mol. The molecular weight excluding hydrogens is 230 g/mol. The molecule has 0 aliphatic carbocycles. The van der Waals surface area contributed by atoms with E-state index in [1.54, 1.807) is 0 Å². The summed E-state index contributed by atoms with van der Waals surface area (Å²) in [5, 5.41) is 0.960. The van der Waals surface area contributed by atoms with Gasteiger partial charge in [-0.1, -0.05) is 0 Å². The summed E-state index contributed by atoms with van der Waals surface area (Å²) >= 11 is 1.18. The molecule has 2 aromatic rings. The second-order valence-corrected chi connectivity index (χ2v) is 3.61. The van der Waals surface area contributed by atoms with Gasteiger partial charge in [-0.25, -0.2) is 14.8 Å². The minimum atomic E-state index is -0.526. The summed E-state index contributed by atoms with van der Waals surface area (Å²) in [5.41, 5.74) is 0.152. The molecule has 0 bridgehead atoms. The topological polar surface area (TPSA) is 78.1 Å². The summed E-state index contributed by atoms with van der Waals surface area (Å²) in [5.74, 6) is -0.526. The zero-order valence-corrected chi connectivity index (χ0v) is 9.10. The Balaban J connectivity index is 2.19. The van der Waals surface area contributed by atoms with E-state index in [-0.39, 0.29) is 5.69 Å². The van der Waals surface area contributed by atoms with E-state index < -0.39 is 5.97 Å². The van der Waals surface area contributed by atoms with E-state index >= 15 is 0 Å².